The maximum absolute atomic E-state index is 14.1. The van der Waals surface area contributed by atoms with Gasteiger partial charge < -0.3 is 10.2 Å². The smallest absolute Gasteiger partial charge is 0.233 e. The van der Waals surface area contributed by atoms with Crippen molar-refractivity contribution in [3.8, 4) is 0 Å². The fourth-order valence-electron chi connectivity index (χ4n) is 5.19. The molecule has 1 aliphatic heterocycles. The highest BCUT2D eigenvalue weighted by Crippen LogP contribution is 2.44. The number of pyridine rings is 1. The highest BCUT2D eigenvalue weighted by Gasteiger charge is 2.46. The molecule has 1 saturated carbocycles. The molecule has 2 amide bonds. The normalized spacial score (nSPS) is 20.7. The number of likely N-dealkylation sites (tertiary alicyclic amines) is 1. The van der Waals surface area contributed by atoms with Crippen molar-refractivity contribution < 1.29 is 9.59 Å². The zero-order chi connectivity index (χ0) is 21.0. The van der Waals surface area contributed by atoms with E-state index in [4.69, 9.17) is 0 Å². The molecule has 2 heterocycles. The lowest BCUT2D eigenvalue weighted by Crippen LogP contribution is -2.47. The van der Waals surface area contributed by atoms with Crippen molar-refractivity contribution in [2.45, 2.75) is 69.9 Å². The summed E-state index contributed by atoms with van der Waals surface area (Å²) in [6, 6.07) is 14.5. The Morgan fingerprint density at radius 2 is 1.87 bits per heavy atom. The quantitative estimate of drug-likeness (QED) is 0.807. The number of hydrogen-bond acceptors (Lipinski definition) is 3. The van der Waals surface area contributed by atoms with Gasteiger partial charge in [-0.1, -0.05) is 49.6 Å². The van der Waals surface area contributed by atoms with E-state index in [-0.39, 0.29) is 17.9 Å². The van der Waals surface area contributed by atoms with Gasteiger partial charge >= 0.3 is 0 Å². The molecule has 1 atom stereocenters. The van der Waals surface area contributed by atoms with Gasteiger partial charge in [0.05, 0.1) is 23.7 Å². The molecule has 158 valence electrons. The Morgan fingerprint density at radius 1 is 1.10 bits per heavy atom. The average molecular weight is 406 g/mol. The largest absolute Gasteiger partial charge is 0.351 e. The van der Waals surface area contributed by atoms with Crippen LogP contribution in [0.2, 0.25) is 0 Å². The molecule has 1 aromatic heterocycles. The van der Waals surface area contributed by atoms with Gasteiger partial charge in [-0.25, -0.2) is 0 Å². The third kappa shape index (κ3) is 4.11. The fourth-order valence-corrected chi connectivity index (χ4v) is 5.19. The number of benzene rings is 1. The van der Waals surface area contributed by atoms with Gasteiger partial charge in [-0.2, -0.15) is 0 Å². The number of carbonyl (C=O) groups excluding carboxylic acids is 2. The molecule has 30 heavy (non-hydrogen) atoms. The Balaban J connectivity index is 1.61. The molecule has 5 heteroatoms. The van der Waals surface area contributed by atoms with Gasteiger partial charge in [-0.15, -0.1) is 0 Å². The van der Waals surface area contributed by atoms with Crippen molar-refractivity contribution >= 4 is 11.8 Å². The first-order valence-corrected chi connectivity index (χ1v) is 11.2. The first-order chi connectivity index (χ1) is 14.6. The number of carbonyl (C=O) groups is 2. The minimum atomic E-state index is -0.395. The van der Waals surface area contributed by atoms with Crippen molar-refractivity contribution in [2.75, 3.05) is 6.54 Å². The number of nitrogens with one attached hydrogen (secondary N) is 1. The second-order valence-corrected chi connectivity index (χ2v) is 8.66. The SMILES string of the molecule is CC(=O)NCc1cc([C@@H]2CCCN2C(=O)C2(c3ccccc3)CCCCC2)ccn1. The molecule has 2 fully saturated rings. The molecule has 1 aliphatic carbocycles. The number of nitrogens with zero attached hydrogens (tertiary/aromatic N) is 2. The summed E-state index contributed by atoms with van der Waals surface area (Å²) in [5, 5.41) is 2.81. The molecule has 1 N–H and O–H groups in total. The van der Waals surface area contributed by atoms with Crippen molar-refractivity contribution in [2.24, 2.45) is 0 Å². The van der Waals surface area contributed by atoms with Crippen LogP contribution in [-0.4, -0.2) is 28.2 Å². The van der Waals surface area contributed by atoms with Crippen LogP contribution < -0.4 is 5.32 Å². The summed E-state index contributed by atoms with van der Waals surface area (Å²) in [6.07, 6.45) is 9.07. The highest BCUT2D eigenvalue weighted by atomic mass is 16.2. The van der Waals surface area contributed by atoms with E-state index in [2.05, 4.69) is 39.5 Å². The molecule has 2 aliphatic rings. The summed E-state index contributed by atoms with van der Waals surface area (Å²) in [6.45, 7) is 2.73. The van der Waals surface area contributed by atoms with Crippen molar-refractivity contribution in [3.63, 3.8) is 0 Å². The summed E-state index contributed by atoms with van der Waals surface area (Å²) >= 11 is 0. The minimum Gasteiger partial charge on any atom is -0.351 e. The summed E-state index contributed by atoms with van der Waals surface area (Å²) in [7, 11) is 0. The number of aromatic nitrogens is 1. The van der Waals surface area contributed by atoms with Gasteiger partial charge in [-0.05, 0) is 48.9 Å². The molecule has 0 unspecified atom stereocenters. The first kappa shape index (κ1) is 20.6. The van der Waals surface area contributed by atoms with Gasteiger partial charge in [0.2, 0.25) is 11.8 Å². The molecule has 0 radical (unpaired) electrons. The third-order valence-corrected chi connectivity index (χ3v) is 6.70. The zero-order valence-corrected chi connectivity index (χ0v) is 17.8. The molecule has 1 saturated heterocycles. The molecular formula is C25H31N3O2. The molecule has 5 nitrogen and oxygen atoms in total. The minimum absolute atomic E-state index is 0.0676. The molecule has 0 spiro atoms. The number of amides is 2. The summed E-state index contributed by atoms with van der Waals surface area (Å²) in [5.74, 6) is 0.220. The van der Waals surface area contributed by atoms with Crippen molar-refractivity contribution in [3.05, 3.63) is 65.5 Å². The van der Waals surface area contributed by atoms with Gasteiger partial charge in [0.1, 0.15) is 0 Å². The molecule has 2 aromatic rings. The van der Waals surface area contributed by atoms with Crippen LogP contribution in [0, 0.1) is 0 Å². The van der Waals surface area contributed by atoms with E-state index in [1.807, 2.05) is 18.2 Å². The lowest BCUT2D eigenvalue weighted by Gasteiger charge is -2.41. The van der Waals surface area contributed by atoms with Crippen molar-refractivity contribution in [1.29, 1.82) is 0 Å². The second kappa shape index (κ2) is 8.99. The van der Waals surface area contributed by atoms with Crippen LogP contribution in [0.4, 0.5) is 0 Å². The van der Waals surface area contributed by atoms with Gasteiger partial charge in [0, 0.05) is 19.7 Å². The summed E-state index contributed by atoms with van der Waals surface area (Å²) in [5.41, 5.74) is 2.72. The monoisotopic (exact) mass is 405 g/mol. The van der Waals surface area contributed by atoms with Crippen LogP contribution in [0.5, 0.6) is 0 Å². The van der Waals surface area contributed by atoms with Crippen LogP contribution in [0.1, 0.15) is 74.7 Å². The van der Waals surface area contributed by atoms with Crippen molar-refractivity contribution in [1.82, 2.24) is 15.2 Å². The van der Waals surface area contributed by atoms with Crippen LogP contribution >= 0.6 is 0 Å². The van der Waals surface area contributed by atoms with Gasteiger partial charge in [0.25, 0.3) is 0 Å². The van der Waals surface area contributed by atoms with Crippen LogP contribution in [0.25, 0.3) is 0 Å². The molecule has 1 aromatic carbocycles. The maximum Gasteiger partial charge on any atom is 0.233 e. The van der Waals surface area contributed by atoms with E-state index in [1.54, 1.807) is 6.20 Å². The fraction of sp³-hybridized carbons (Fsp3) is 0.480. The van der Waals surface area contributed by atoms with E-state index in [1.165, 1.54) is 18.9 Å². The second-order valence-electron chi connectivity index (χ2n) is 8.66. The first-order valence-electron chi connectivity index (χ1n) is 11.2. The molecular weight excluding hydrogens is 374 g/mol. The average Bonchev–Trinajstić information content (AvgIpc) is 3.28. The Hall–Kier alpha value is -2.69. The van der Waals surface area contributed by atoms with Crippen LogP contribution in [0.15, 0.2) is 48.7 Å². The Kier molecular flexibility index (Phi) is 6.16. The van der Waals surface area contributed by atoms with E-state index in [0.717, 1.165) is 56.3 Å². The Labute approximate surface area is 178 Å². The standard InChI is InChI=1S/C25H31N3O2/c1-19(29)27-18-22-17-20(12-15-26-22)23-11-8-16-28(23)24(30)25(13-6-3-7-14-25)21-9-4-2-5-10-21/h2,4-5,9-10,12,15,17,23H,3,6-8,11,13-14,16,18H2,1H3,(H,27,29)/t23-/m0/s1. The van der Waals surface area contributed by atoms with Gasteiger partial charge in [0.15, 0.2) is 0 Å². The topological polar surface area (TPSA) is 62.3 Å². The van der Waals surface area contributed by atoms with E-state index < -0.39 is 5.41 Å². The number of hydrogen-bond donors (Lipinski definition) is 1. The maximum atomic E-state index is 14.1. The van der Waals surface area contributed by atoms with E-state index >= 15 is 0 Å². The highest BCUT2D eigenvalue weighted by molar-refractivity contribution is 5.89. The van der Waals surface area contributed by atoms with Crippen LogP contribution in [0.3, 0.4) is 0 Å². The summed E-state index contributed by atoms with van der Waals surface area (Å²) < 4.78 is 0. The molecule has 0 bridgehead atoms. The molecule has 4 rings (SSSR count). The lowest BCUT2D eigenvalue weighted by molar-refractivity contribution is -0.140. The lowest BCUT2D eigenvalue weighted by atomic mass is 9.68. The third-order valence-electron chi connectivity index (χ3n) is 6.70. The van der Waals surface area contributed by atoms with Gasteiger partial charge in [-0.3, -0.25) is 14.6 Å². The Bertz CT molecular complexity index is 890. The van der Waals surface area contributed by atoms with E-state index in [9.17, 15) is 9.59 Å². The number of rotatable bonds is 5. The van der Waals surface area contributed by atoms with Crippen LogP contribution in [-0.2, 0) is 21.5 Å². The zero-order valence-electron chi connectivity index (χ0n) is 17.8. The summed E-state index contributed by atoms with van der Waals surface area (Å²) in [4.78, 5) is 31.8. The Morgan fingerprint density at radius 3 is 2.60 bits per heavy atom. The predicted molar refractivity (Wildman–Crippen MR) is 117 cm³/mol. The predicted octanol–water partition coefficient (Wildman–Crippen LogP) is 4.28. The van der Waals surface area contributed by atoms with E-state index in [0.29, 0.717) is 6.54 Å².